The Balaban J connectivity index is 1.79. The molecule has 448 valence electrons. The zero-order chi connectivity index (χ0) is 57.7. The monoisotopic (exact) mass is 1130 g/mol. The molecule has 6 bridgehead atoms. The summed E-state index contributed by atoms with van der Waals surface area (Å²) in [6, 6.07) is 0. The minimum Gasteiger partial charge on any atom is -0.506 e. The van der Waals surface area contributed by atoms with Gasteiger partial charge in [-0.25, -0.2) is 0 Å². The maximum Gasteiger partial charge on any atom is 0.218 e. The van der Waals surface area contributed by atoms with Crippen molar-refractivity contribution in [1.29, 1.82) is 0 Å². The van der Waals surface area contributed by atoms with Crippen LogP contribution in [0.4, 0.5) is 0 Å². The molecule has 25 N–H and O–H groups in total. The van der Waals surface area contributed by atoms with E-state index in [0.29, 0.717) is 0 Å². The van der Waals surface area contributed by atoms with Crippen molar-refractivity contribution in [3.63, 3.8) is 0 Å². The molecule has 7 heterocycles. The van der Waals surface area contributed by atoms with Gasteiger partial charge >= 0.3 is 0 Å². The van der Waals surface area contributed by atoms with Gasteiger partial charge in [0.05, 0.1) is 19.8 Å². The predicted octanol–water partition coefficient (Wildman–Crippen LogP) is -8.87. The summed E-state index contributed by atoms with van der Waals surface area (Å²) in [6.45, 7) is -7.16. The van der Waals surface area contributed by atoms with Crippen molar-refractivity contribution in [2.24, 2.45) is 0 Å². The van der Waals surface area contributed by atoms with E-state index in [-0.39, 0.29) is 0 Å². The fourth-order valence-electron chi connectivity index (χ4n) is 8.06. The molecule has 35 heteroatoms. The molecule has 77 heavy (non-hydrogen) atoms. The van der Waals surface area contributed by atoms with Gasteiger partial charge < -0.3 is 175 Å². The Morgan fingerprint density at radius 1 is 0.247 bits per heavy atom. The van der Waals surface area contributed by atoms with Gasteiger partial charge in [-0.1, -0.05) is 0 Å². The summed E-state index contributed by atoms with van der Waals surface area (Å²) in [5, 5.41) is 266. The molecule has 7 aliphatic rings. The molecule has 0 saturated carbocycles. The van der Waals surface area contributed by atoms with E-state index in [2.05, 4.69) is 0 Å². The van der Waals surface area contributed by atoms with Crippen molar-refractivity contribution < 1.29 is 175 Å². The predicted molar refractivity (Wildman–Crippen MR) is 237 cm³/mol. The van der Waals surface area contributed by atoms with Crippen LogP contribution in [0.1, 0.15) is 25.7 Å². The van der Waals surface area contributed by atoms with Gasteiger partial charge in [0.1, 0.15) is 97.7 Å². The lowest BCUT2D eigenvalue weighted by molar-refractivity contribution is -0.332. The molecule has 23 atom stereocenters. The van der Waals surface area contributed by atoms with E-state index in [0.717, 1.165) is 0 Å². The lowest BCUT2D eigenvalue weighted by Crippen LogP contribution is -2.61. The Hall–Kier alpha value is -3.72. The standard InChI is InChI=1S/C42H70O35/c43-5-1-12-19(50)27(58)37(65)75-33-16(9-47)73-41(31(62)23(33)54)70-14(3-7-45)21(52)29(60)39(67)77-35-18(11-49)74-42(32(63)25(35)56)71-15(4-8-46)22(53)28(59)38(66)76-34-17(10-48)72-40(30(61)24(34)55)69-13(2-6-44)20(51)26(57)36(64)68-12/h12-18,23-25,30-67H,1-11H2/b26-20-,27-19-,28-22-,29-21-. The molecule has 35 nitrogen and oxygen atoms in total. The number of hydrogen-bond acceptors (Lipinski definition) is 35. The van der Waals surface area contributed by atoms with E-state index >= 15 is 0 Å². The molecule has 0 radical (unpaired) electrons. The van der Waals surface area contributed by atoms with Crippen LogP contribution < -0.4 is 0 Å². The topological polar surface area (TPSA) is 598 Å². The van der Waals surface area contributed by atoms with Gasteiger partial charge in [-0.15, -0.1) is 0 Å². The van der Waals surface area contributed by atoms with Gasteiger partial charge in [0, 0.05) is 52.1 Å². The first-order chi connectivity index (χ1) is 36.4. The summed E-state index contributed by atoms with van der Waals surface area (Å²) in [7, 11) is 0. The van der Waals surface area contributed by atoms with Crippen LogP contribution in [0.3, 0.4) is 0 Å². The molecule has 0 aliphatic carbocycles. The summed E-state index contributed by atoms with van der Waals surface area (Å²) >= 11 is 0. The van der Waals surface area contributed by atoms with Crippen LogP contribution in [-0.4, -0.2) is 316 Å². The highest BCUT2D eigenvalue weighted by Gasteiger charge is 2.52. The van der Waals surface area contributed by atoms with Gasteiger partial charge in [0.2, 0.25) is 25.2 Å². The highest BCUT2D eigenvalue weighted by molar-refractivity contribution is 5.13. The van der Waals surface area contributed by atoms with Gasteiger partial charge in [-0.05, 0) is 0 Å². The fourth-order valence-corrected chi connectivity index (χ4v) is 8.06. The normalized spacial score (nSPS) is 45.4. The molecule has 0 aromatic heterocycles. The van der Waals surface area contributed by atoms with E-state index in [1.54, 1.807) is 0 Å². The Morgan fingerprint density at radius 2 is 0.455 bits per heavy atom. The lowest BCUT2D eigenvalue weighted by Gasteiger charge is -2.43. The molecule has 0 aromatic rings. The zero-order valence-corrected chi connectivity index (χ0v) is 40.3. The van der Waals surface area contributed by atoms with Crippen molar-refractivity contribution >= 4 is 0 Å². The van der Waals surface area contributed by atoms with Crippen molar-refractivity contribution in [3.8, 4) is 0 Å². The second-order valence-corrected chi connectivity index (χ2v) is 17.5. The molecule has 0 amide bonds. The first kappa shape index (κ1) is 65.8. The molecule has 0 aromatic carbocycles. The summed E-state index contributed by atoms with van der Waals surface area (Å²) in [5.74, 6) is -12.1. The average Bonchev–Trinajstić information content (AvgIpc) is 3.41. The largest absolute Gasteiger partial charge is 0.506 e. The minimum absolute atomic E-state index is 0.726. The van der Waals surface area contributed by atoms with Crippen LogP contribution in [0.15, 0.2) is 46.1 Å². The summed E-state index contributed by atoms with van der Waals surface area (Å²) in [6.07, 6.45) is -54.9. The molecule has 0 spiro atoms. The van der Waals surface area contributed by atoms with Crippen LogP contribution in [-0.2, 0) is 47.4 Å². The molecular weight excluding hydrogens is 1060 g/mol. The third-order valence-electron chi connectivity index (χ3n) is 12.3. The van der Waals surface area contributed by atoms with Crippen molar-refractivity contribution in [2.75, 3.05) is 46.2 Å². The van der Waals surface area contributed by atoms with Gasteiger partial charge in [-0.2, -0.15) is 0 Å². The maximum atomic E-state index is 11.1. The Kier molecular flexibility index (Phi) is 25.8. The molecule has 7 aliphatic heterocycles. The van der Waals surface area contributed by atoms with E-state index in [1.165, 1.54) is 0 Å². The van der Waals surface area contributed by atoms with Gasteiger partial charge in [0.15, 0.2) is 64.9 Å². The maximum absolute atomic E-state index is 11.1. The van der Waals surface area contributed by atoms with Crippen molar-refractivity contribution in [1.82, 2.24) is 0 Å². The van der Waals surface area contributed by atoms with Gasteiger partial charge in [-0.3, -0.25) is 0 Å². The number of aliphatic hydroxyl groups is 25. The molecule has 3 saturated heterocycles. The minimum atomic E-state index is -2.79. The van der Waals surface area contributed by atoms with Crippen LogP contribution in [0.25, 0.3) is 0 Å². The third kappa shape index (κ3) is 15.8. The van der Waals surface area contributed by atoms with Crippen LogP contribution in [0.2, 0.25) is 0 Å². The number of aliphatic hydroxyl groups excluding tert-OH is 25. The second kappa shape index (κ2) is 30.2. The van der Waals surface area contributed by atoms with Crippen LogP contribution >= 0.6 is 0 Å². The van der Waals surface area contributed by atoms with Crippen LogP contribution in [0, 0.1) is 0 Å². The van der Waals surface area contributed by atoms with E-state index in [4.69, 9.17) is 47.4 Å². The summed E-state index contributed by atoms with van der Waals surface area (Å²) < 4.78 is 53.4. The highest BCUT2D eigenvalue weighted by Crippen LogP contribution is 2.34. The number of ether oxygens (including phenoxy) is 10. The SMILES string of the molecule is OCCC1OC(O)/C(O)=C(/O)C(CCO)OC2OC(CO)C(OC(O)/C(O)=C(/O)C(CCO)OC3OC(CO)C(OC(O)/C(O)=C(/O)C(CCO)OC4OC(CO)C(OC(O)/C(O)=C\1O)C(O)C4O)C(O)C3O)C(O)C2O. The number of fused-ring (bicyclic) bond motifs is 3. The summed E-state index contributed by atoms with van der Waals surface area (Å²) in [5.41, 5.74) is 0. The zero-order valence-electron chi connectivity index (χ0n) is 40.3. The number of hydrogen-bond donors (Lipinski definition) is 25. The molecule has 23 unspecified atom stereocenters. The van der Waals surface area contributed by atoms with E-state index in [9.17, 15) is 128 Å². The van der Waals surface area contributed by atoms with Gasteiger partial charge in [0.25, 0.3) is 0 Å². The van der Waals surface area contributed by atoms with E-state index in [1.807, 2.05) is 0 Å². The molecule has 7 rings (SSSR count). The third-order valence-corrected chi connectivity index (χ3v) is 12.3. The molecular formula is C42H70O35. The fraction of sp³-hybridized carbons (Fsp3) is 0.810. The smallest absolute Gasteiger partial charge is 0.218 e. The van der Waals surface area contributed by atoms with Crippen molar-refractivity contribution in [2.45, 2.75) is 167 Å². The Labute approximate surface area is 434 Å². The Morgan fingerprint density at radius 3 is 0.662 bits per heavy atom. The number of rotatable bonds is 11. The summed E-state index contributed by atoms with van der Waals surface area (Å²) in [4.78, 5) is 0. The highest BCUT2D eigenvalue weighted by atomic mass is 16.7. The first-order valence-electron chi connectivity index (χ1n) is 23.5. The second-order valence-electron chi connectivity index (χ2n) is 17.5. The quantitative estimate of drug-likeness (QED) is 0.0913. The van der Waals surface area contributed by atoms with Crippen LogP contribution in [0.5, 0.6) is 0 Å². The Bertz CT molecular complexity index is 1930. The lowest BCUT2D eigenvalue weighted by atomic mass is 9.98. The first-order valence-corrected chi connectivity index (χ1v) is 23.5. The average molecular weight is 1130 g/mol. The van der Waals surface area contributed by atoms with E-state index < -0.39 is 260 Å². The molecule has 3 fully saturated rings. The van der Waals surface area contributed by atoms with Crippen molar-refractivity contribution in [3.05, 3.63) is 46.1 Å².